The van der Waals surface area contributed by atoms with Gasteiger partial charge in [0.25, 0.3) is 5.91 Å². The zero-order valence-corrected chi connectivity index (χ0v) is 20.6. The smallest absolute Gasteiger partial charge is 0.255 e. The predicted molar refractivity (Wildman–Crippen MR) is 129 cm³/mol. The van der Waals surface area contributed by atoms with Crippen molar-refractivity contribution in [1.29, 1.82) is 0 Å². The average Bonchev–Trinajstić information content (AvgIpc) is 2.71. The molecular weight excluding hydrogens is 521 g/mol. The van der Waals surface area contributed by atoms with Gasteiger partial charge >= 0.3 is 0 Å². The molecule has 0 aromatic heterocycles. The number of hydrogen-bond donors (Lipinski definition) is 3. The van der Waals surface area contributed by atoms with Crippen LogP contribution in [-0.4, -0.2) is 62.6 Å². The number of primary amides is 1. The van der Waals surface area contributed by atoms with Gasteiger partial charge in [0.1, 0.15) is 5.75 Å². The molecule has 1 aromatic rings. The lowest BCUT2D eigenvalue weighted by molar-refractivity contribution is -0.119. The number of guanidine groups is 1. The summed E-state index contributed by atoms with van der Waals surface area (Å²) in [5.41, 5.74) is 6.04. The average molecular weight is 553 g/mol. The predicted octanol–water partition coefficient (Wildman–Crippen LogP) is 1.04. The highest BCUT2D eigenvalue weighted by molar-refractivity contribution is 14.0. The minimum absolute atomic E-state index is 0. The van der Waals surface area contributed by atoms with Crippen molar-refractivity contribution >= 4 is 45.9 Å². The molecule has 30 heavy (non-hydrogen) atoms. The van der Waals surface area contributed by atoms with Crippen LogP contribution in [0.2, 0.25) is 0 Å². The van der Waals surface area contributed by atoms with E-state index >= 15 is 0 Å². The van der Waals surface area contributed by atoms with E-state index in [-0.39, 0.29) is 42.4 Å². The van der Waals surface area contributed by atoms with Crippen LogP contribution in [0.1, 0.15) is 32.3 Å². The summed E-state index contributed by atoms with van der Waals surface area (Å²) in [4.78, 5) is 15.5. The summed E-state index contributed by atoms with van der Waals surface area (Å²) in [5, 5.41) is 6.62. The molecule has 1 fully saturated rings. The Hall–Kier alpha value is -1.60. The molecule has 0 aliphatic carbocycles. The molecule has 0 spiro atoms. The van der Waals surface area contributed by atoms with Crippen LogP contribution in [0.5, 0.6) is 5.75 Å². The standard InChI is InChI=1S/C19H31N5O4S.HI/c1-3-21-19(23-16-8-10-24(11-9-16)29(26,27)4-2)22-13-15-6-5-7-17(12-15)28-14-18(20)25;/h5-7,12,16H,3-4,8-11,13-14H2,1-2H3,(H2,20,25)(H2,21,22,23);1H. The number of benzene rings is 1. The molecule has 0 saturated carbocycles. The Morgan fingerprint density at radius 1 is 1.30 bits per heavy atom. The number of hydrogen-bond acceptors (Lipinski definition) is 5. The van der Waals surface area contributed by atoms with E-state index in [0.717, 1.165) is 24.9 Å². The van der Waals surface area contributed by atoms with Crippen molar-refractivity contribution in [3.05, 3.63) is 29.8 Å². The Balaban J connectivity index is 0.00000450. The van der Waals surface area contributed by atoms with Gasteiger partial charge in [0.2, 0.25) is 10.0 Å². The van der Waals surface area contributed by atoms with E-state index in [1.807, 2.05) is 25.1 Å². The quantitative estimate of drug-likeness (QED) is 0.238. The Kier molecular flexibility index (Phi) is 11.4. The van der Waals surface area contributed by atoms with Crippen molar-refractivity contribution < 1.29 is 17.9 Å². The number of ether oxygens (including phenoxy) is 1. The second-order valence-corrected chi connectivity index (χ2v) is 9.07. The number of carbonyl (C=O) groups excluding carboxylic acids is 1. The maximum Gasteiger partial charge on any atom is 0.255 e. The molecule has 9 nitrogen and oxygen atoms in total. The van der Waals surface area contributed by atoms with Crippen molar-refractivity contribution in [1.82, 2.24) is 14.9 Å². The molecule has 0 unspecified atom stereocenters. The van der Waals surface area contributed by atoms with Crippen LogP contribution in [-0.2, 0) is 21.4 Å². The number of rotatable bonds is 9. The van der Waals surface area contributed by atoms with Gasteiger partial charge in [-0.05, 0) is 44.4 Å². The van der Waals surface area contributed by atoms with Crippen molar-refractivity contribution in [2.75, 3.05) is 32.0 Å². The number of nitrogens with one attached hydrogen (secondary N) is 2. The maximum absolute atomic E-state index is 12.0. The number of sulfonamides is 1. The topological polar surface area (TPSA) is 126 Å². The largest absolute Gasteiger partial charge is 0.484 e. The highest BCUT2D eigenvalue weighted by Crippen LogP contribution is 2.15. The monoisotopic (exact) mass is 553 g/mol. The maximum atomic E-state index is 12.0. The van der Waals surface area contributed by atoms with Crippen LogP contribution >= 0.6 is 24.0 Å². The summed E-state index contributed by atoms with van der Waals surface area (Å²) < 4.78 is 30.9. The minimum atomic E-state index is -3.13. The summed E-state index contributed by atoms with van der Waals surface area (Å²) in [6.07, 6.45) is 1.47. The zero-order valence-electron chi connectivity index (χ0n) is 17.5. The number of aliphatic imine (C=N–C) groups is 1. The van der Waals surface area contributed by atoms with E-state index in [4.69, 9.17) is 10.5 Å². The van der Waals surface area contributed by atoms with E-state index in [1.54, 1.807) is 17.3 Å². The summed E-state index contributed by atoms with van der Waals surface area (Å²) in [6.45, 7) is 5.70. The van der Waals surface area contributed by atoms with Crippen molar-refractivity contribution in [2.45, 2.75) is 39.3 Å². The summed E-state index contributed by atoms with van der Waals surface area (Å²) in [7, 11) is -3.13. The zero-order chi connectivity index (χ0) is 21.3. The van der Waals surface area contributed by atoms with E-state index in [0.29, 0.717) is 31.3 Å². The second kappa shape index (κ2) is 13.0. The summed E-state index contributed by atoms with van der Waals surface area (Å²) in [5.74, 6) is 0.869. The molecule has 170 valence electrons. The van der Waals surface area contributed by atoms with E-state index in [9.17, 15) is 13.2 Å². The molecule has 0 radical (unpaired) electrons. The number of piperidine rings is 1. The van der Waals surface area contributed by atoms with E-state index in [2.05, 4.69) is 15.6 Å². The highest BCUT2D eigenvalue weighted by atomic mass is 127. The first-order valence-corrected chi connectivity index (χ1v) is 11.5. The second-order valence-electron chi connectivity index (χ2n) is 6.82. The molecule has 1 heterocycles. The third kappa shape index (κ3) is 8.64. The Morgan fingerprint density at radius 2 is 2.00 bits per heavy atom. The Labute approximate surface area is 195 Å². The minimum Gasteiger partial charge on any atom is -0.484 e. The number of amides is 1. The van der Waals surface area contributed by atoms with Crippen LogP contribution in [0.4, 0.5) is 0 Å². The lowest BCUT2D eigenvalue weighted by Gasteiger charge is -2.32. The van der Waals surface area contributed by atoms with Gasteiger partial charge in [0, 0.05) is 25.7 Å². The number of nitrogens with zero attached hydrogens (tertiary/aromatic N) is 2. The SMILES string of the molecule is CCNC(=NCc1cccc(OCC(N)=O)c1)NC1CCN(S(=O)(=O)CC)CC1.I. The molecule has 1 saturated heterocycles. The van der Waals surface area contributed by atoms with Gasteiger partial charge in [-0.15, -0.1) is 24.0 Å². The molecule has 1 aliphatic heterocycles. The normalized spacial score (nSPS) is 15.9. The first-order valence-electron chi connectivity index (χ1n) is 9.86. The van der Waals surface area contributed by atoms with Crippen LogP contribution < -0.4 is 21.1 Å². The summed E-state index contributed by atoms with van der Waals surface area (Å²) in [6, 6.07) is 7.52. The fourth-order valence-corrected chi connectivity index (χ4v) is 4.16. The van der Waals surface area contributed by atoms with Gasteiger partial charge < -0.3 is 21.1 Å². The van der Waals surface area contributed by atoms with Crippen LogP contribution in [0.3, 0.4) is 0 Å². The fourth-order valence-electron chi connectivity index (χ4n) is 3.03. The van der Waals surface area contributed by atoms with Crippen LogP contribution in [0.25, 0.3) is 0 Å². The molecule has 1 aliphatic rings. The fraction of sp³-hybridized carbons (Fsp3) is 0.579. The lowest BCUT2D eigenvalue weighted by atomic mass is 10.1. The lowest BCUT2D eigenvalue weighted by Crippen LogP contribution is -2.50. The molecule has 4 N–H and O–H groups in total. The third-order valence-corrected chi connectivity index (χ3v) is 6.48. The van der Waals surface area contributed by atoms with Gasteiger partial charge in [-0.1, -0.05) is 12.1 Å². The van der Waals surface area contributed by atoms with Crippen molar-refractivity contribution in [2.24, 2.45) is 10.7 Å². The van der Waals surface area contributed by atoms with Crippen molar-refractivity contribution in [3.63, 3.8) is 0 Å². The Bertz CT molecular complexity index is 811. The first kappa shape index (κ1) is 26.4. The van der Waals surface area contributed by atoms with Crippen LogP contribution in [0, 0.1) is 0 Å². The molecule has 0 bridgehead atoms. The third-order valence-electron chi connectivity index (χ3n) is 4.60. The van der Waals surface area contributed by atoms with Crippen molar-refractivity contribution in [3.8, 4) is 5.75 Å². The van der Waals surface area contributed by atoms with Gasteiger partial charge in [-0.3, -0.25) is 4.79 Å². The van der Waals surface area contributed by atoms with Gasteiger partial charge in [-0.25, -0.2) is 17.7 Å². The van der Waals surface area contributed by atoms with Gasteiger partial charge in [0.15, 0.2) is 12.6 Å². The molecular formula is C19H32IN5O4S. The van der Waals surface area contributed by atoms with Crippen LogP contribution in [0.15, 0.2) is 29.3 Å². The highest BCUT2D eigenvalue weighted by Gasteiger charge is 2.26. The van der Waals surface area contributed by atoms with Gasteiger partial charge in [0.05, 0.1) is 12.3 Å². The molecule has 1 aromatic carbocycles. The number of halogens is 1. The van der Waals surface area contributed by atoms with Gasteiger partial charge in [-0.2, -0.15) is 0 Å². The molecule has 11 heteroatoms. The Morgan fingerprint density at radius 3 is 2.60 bits per heavy atom. The molecule has 2 rings (SSSR count). The number of carbonyl (C=O) groups is 1. The molecule has 0 atom stereocenters. The first-order chi connectivity index (χ1) is 13.8. The summed E-state index contributed by atoms with van der Waals surface area (Å²) >= 11 is 0. The van der Waals surface area contributed by atoms with E-state index < -0.39 is 15.9 Å². The molecule has 1 amide bonds. The van der Waals surface area contributed by atoms with E-state index in [1.165, 1.54) is 0 Å². The number of nitrogens with two attached hydrogens (primary N) is 1.